The zero-order chi connectivity index (χ0) is 14.6. The molecule has 0 aromatic carbocycles. The van der Waals surface area contributed by atoms with E-state index >= 15 is 0 Å². The minimum absolute atomic E-state index is 0.563. The third-order valence-electron chi connectivity index (χ3n) is 3.13. The highest BCUT2D eigenvalue weighted by molar-refractivity contribution is 7.82. The molecule has 0 aliphatic heterocycles. The monoisotopic (exact) mass is 304 g/mol. The molecule has 0 N–H and O–H groups in total. The summed E-state index contributed by atoms with van der Waals surface area (Å²) in [6.07, 6.45) is 4.85. The normalized spacial score (nSPS) is 13.8. The number of aryl methyl sites for hydroxylation is 1. The highest BCUT2D eigenvalue weighted by Gasteiger charge is 2.27. The van der Waals surface area contributed by atoms with Crippen LogP contribution in [0.25, 0.3) is 11.4 Å². The summed E-state index contributed by atoms with van der Waals surface area (Å²) in [5.74, 6) is 0.586. The molecule has 0 fully saturated rings. The number of thiol groups is 2. The van der Waals surface area contributed by atoms with Crippen LogP contribution in [0.4, 0.5) is 0 Å². The molecule has 0 aliphatic rings. The number of carbonyl (C=O) groups excluding carboxylic acids is 1. The Bertz CT molecular complexity index is 618. The Balaban J connectivity index is 2.44. The third kappa shape index (κ3) is 3.22. The van der Waals surface area contributed by atoms with Crippen LogP contribution in [0.1, 0.15) is 17.5 Å². The van der Waals surface area contributed by atoms with Crippen molar-refractivity contribution in [3.05, 3.63) is 47.8 Å². The predicted molar refractivity (Wildman–Crippen MR) is 87.4 cm³/mol. The first-order chi connectivity index (χ1) is 9.59. The first-order valence-electron chi connectivity index (χ1n) is 6.28. The molecular weight excluding hydrogens is 288 g/mol. The summed E-state index contributed by atoms with van der Waals surface area (Å²) in [4.78, 5) is 20.0. The van der Waals surface area contributed by atoms with Gasteiger partial charge >= 0.3 is 0 Å². The summed E-state index contributed by atoms with van der Waals surface area (Å²) >= 11 is 8.69. The first kappa shape index (κ1) is 15.1. The van der Waals surface area contributed by atoms with Gasteiger partial charge in [0.2, 0.25) is 0 Å². The minimum Gasteiger partial charge on any atom is -0.301 e. The lowest BCUT2D eigenvalue weighted by atomic mass is 9.96. The lowest BCUT2D eigenvalue weighted by Gasteiger charge is -2.22. The second kappa shape index (κ2) is 6.41. The topological polar surface area (TPSA) is 42.9 Å². The van der Waals surface area contributed by atoms with Crippen LogP contribution in [-0.4, -0.2) is 22.0 Å². The van der Waals surface area contributed by atoms with E-state index in [1.807, 2.05) is 31.2 Å². The van der Waals surface area contributed by atoms with Crippen molar-refractivity contribution in [2.45, 2.75) is 18.1 Å². The zero-order valence-electron chi connectivity index (χ0n) is 11.2. The van der Waals surface area contributed by atoms with Crippen molar-refractivity contribution in [3.63, 3.8) is 0 Å². The van der Waals surface area contributed by atoms with Gasteiger partial charge in [0.25, 0.3) is 0 Å². The van der Waals surface area contributed by atoms with E-state index in [4.69, 9.17) is 0 Å². The van der Waals surface area contributed by atoms with E-state index in [0.717, 1.165) is 28.8 Å². The van der Waals surface area contributed by atoms with Crippen molar-refractivity contribution < 1.29 is 4.79 Å². The average molecular weight is 304 g/mol. The van der Waals surface area contributed by atoms with Crippen LogP contribution in [0.2, 0.25) is 0 Å². The van der Waals surface area contributed by atoms with Crippen molar-refractivity contribution in [2.24, 2.45) is 0 Å². The first-order valence-corrected chi connectivity index (χ1v) is 7.36. The van der Waals surface area contributed by atoms with Crippen molar-refractivity contribution in [1.82, 2.24) is 9.97 Å². The van der Waals surface area contributed by atoms with Gasteiger partial charge in [0, 0.05) is 12.4 Å². The highest BCUT2D eigenvalue weighted by Crippen LogP contribution is 2.32. The molecule has 0 saturated carbocycles. The van der Waals surface area contributed by atoms with Crippen LogP contribution >= 0.6 is 25.3 Å². The van der Waals surface area contributed by atoms with Crippen LogP contribution in [0.15, 0.2) is 36.7 Å². The van der Waals surface area contributed by atoms with Crippen molar-refractivity contribution in [3.8, 4) is 11.4 Å². The number of rotatable bonds is 5. The van der Waals surface area contributed by atoms with E-state index in [1.54, 1.807) is 12.4 Å². The molecule has 0 bridgehead atoms. The fourth-order valence-electron chi connectivity index (χ4n) is 1.96. The van der Waals surface area contributed by atoms with Gasteiger partial charge in [-0.1, -0.05) is 0 Å². The zero-order valence-corrected chi connectivity index (χ0v) is 12.9. The number of nitrogens with zero attached hydrogens (tertiary/aromatic N) is 2. The summed E-state index contributed by atoms with van der Waals surface area (Å²) in [6, 6.07) is 7.57. The van der Waals surface area contributed by atoms with Crippen LogP contribution in [0.5, 0.6) is 0 Å². The van der Waals surface area contributed by atoms with Gasteiger partial charge in [0.15, 0.2) is 0 Å². The number of aldehydes is 1. The van der Waals surface area contributed by atoms with Gasteiger partial charge in [0.1, 0.15) is 6.29 Å². The summed E-state index contributed by atoms with van der Waals surface area (Å²) in [7, 11) is 0. The molecule has 104 valence electrons. The molecule has 3 nitrogen and oxygen atoms in total. The number of aromatic nitrogens is 2. The van der Waals surface area contributed by atoms with Gasteiger partial charge in [-0.2, -0.15) is 25.3 Å². The molecule has 0 amide bonds. The van der Waals surface area contributed by atoms with Crippen molar-refractivity contribution in [2.75, 3.05) is 5.75 Å². The number of hydrogen-bond acceptors (Lipinski definition) is 5. The van der Waals surface area contributed by atoms with Gasteiger partial charge in [-0.25, -0.2) is 0 Å². The molecule has 0 aliphatic carbocycles. The van der Waals surface area contributed by atoms with E-state index in [2.05, 4.69) is 35.2 Å². The van der Waals surface area contributed by atoms with Gasteiger partial charge in [0.05, 0.1) is 16.1 Å². The molecule has 20 heavy (non-hydrogen) atoms. The van der Waals surface area contributed by atoms with Crippen LogP contribution in [0.3, 0.4) is 0 Å². The third-order valence-corrected chi connectivity index (χ3v) is 3.94. The summed E-state index contributed by atoms with van der Waals surface area (Å²) in [6.45, 7) is 2.00. The minimum atomic E-state index is -0.830. The average Bonchev–Trinajstić information content (AvgIpc) is 2.47. The second-order valence-corrected chi connectivity index (χ2v) is 5.91. The van der Waals surface area contributed by atoms with Gasteiger partial charge in [-0.15, -0.1) is 0 Å². The smallest absolute Gasteiger partial charge is 0.140 e. The molecule has 2 rings (SSSR count). The Kier molecular flexibility index (Phi) is 4.83. The standard InChI is InChI=1S/C15H16N2OS2/c1-11-2-5-16-13(8-11)14-9-12(3-6-17-14)15(20,10-18)4-7-19/h2-3,5-6,8-10,19-20H,4,7H2,1H3. The van der Waals surface area contributed by atoms with Crippen LogP contribution < -0.4 is 0 Å². The Morgan fingerprint density at radius 2 is 1.85 bits per heavy atom. The molecule has 2 aromatic rings. The molecule has 2 heterocycles. The quantitative estimate of drug-likeness (QED) is 0.659. The largest absolute Gasteiger partial charge is 0.301 e. The van der Waals surface area contributed by atoms with Crippen molar-refractivity contribution in [1.29, 1.82) is 0 Å². The SMILES string of the molecule is Cc1ccnc(-c2cc(C(S)(C=O)CCS)ccn2)c1. The Morgan fingerprint density at radius 1 is 1.20 bits per heavy atom. The molecule has 5 heteroatoms. The maximum atomic E-state index is 11.4. The summed E-state index contributed by atoms with van der Waals surface area (Å²) < 4.78 is -0.830. The molecule has 0 radical (unpaired) electrons. The second-order valence-electron chi connectivity index (χ2n) is 4.66. The van der Waals surface area contributed by atoms with Crippen LogP contribution in [0, 0.1) is 6.92 Å². The number of pyridine rings is 2. The lowest BCUT2D eigenvalue weighted by Crippen LogP contribution is -2.21. The van der Waals surface area contributed by atoms with Crippen molar-refractivity contribution >= 4 is 31.5 Å². The number of hydrogen-bond donors (Lipinski definition) is 2. The molecular formula is C15H16N2OS2. The van der Waals surface area contributed by atoms with Gasteiger partial charge < -0.3 is 4.79 Å². The predicted octanol–water partition coefficient (Wildman–Crippen LogP) is 3.10. The van der Waals surface area contributed by atoms with E-state index in [9.17, 15) is 4.79 Å². The van der Waals surface area contributed by atoms with E-state index in [1.165, 1.54) is 0 Å². The maximum Gasteiger partial charge on any atom is 0.140 e. The Morgan fingerprint density at radius 3 is 2.45 bits per heavy atom. The maximum absolute atomic E-state index is 11.4. The van der Waals surface area contributed by atoms with Gasteiger partial charge in [-0.05, 0) is 54.5 Å². The molecule has 1 atom stereocenters. The van der Waals surface area contributed by atoms with E-state index in [0.29, 0.717) is 12.2 Å². The van der Waals surface area contributed by atoms with Gasteiger partial charge in [-0.3, -0.25) is 9.97 Å². The molecule has 2 aromatic heterocycles. The Labute approximate surface area is 129 Å². The molecule has 1 unspecified atom stereocenters. The molecule has 0 spiro atoms. The fraction of sp³-hybridized carbons (Fsp3) is 0.267. The summed E-state index contributed by atoms with van der Waals surface area (Å²) in [5.41, 5.74) is 3.47. The Hall–Kier alpha value is -1.33. The van der Waals surface area contributed by atoms with E-state index < -0.39 is 4.75 Å². The lowest BCUT2D eigenvalue weighted by molar-refractivity contribution is -0.110. The molecule has 0 saturated heterocycles. The summed E-state index contributed by atoms with van der Waals surface area (Å²) in [5, 5.41) is 0. The highest BCUT2D eigenvalue weighted by atomic mass is 32.1. The number of carbonyl (C=O) groups is 1. The van der Waals surface area contributed by atoms with E-state index in [-0.39, 0.29) is 0 Å². The fourth-order valence-corrected chi connectivity index (χ4v) is 2.74. The van der Waals surface area contributed by atoms with Crippen LogP contribution in [-0.2, 0) is 9.54 Å².